The Bertz CT molecular complexity index is 1590. The minimum Gasteiger partial charge on any atom is -0.445 e. The Morgan fingerprint density at radius 1 is 0.975 bits per heavy atom. The van der Waals surface area contributed by atoms with Crippen molar-refractivity contribution in [2.75, 3.05) is 26.2 Å². The number of hydrogen-bond donors (Lipinski definition) is 0. The number of aryl methyl sites for hydroxylation is 3. The van der Waals surface area contributed by atoms with Crippen molar-refractivity contribution in [2.24, 2.45) is 0 Å². The van der Waals surface area contributed by atoms with E-state index in [1.165, 1.54) is 0 Å². The number of carbonyl (C=O) groups is 2. The average molecular weight is 561 g/mol. The van der Waals surface area contributed by atoms with Crippen molar-refractivity contribution in [3.8, 4) is 0 Å². The third kappa shape index (κ3) is 4.76. The minimum atomic E-state index is -0.0768. The predicted molar refractivity (Wildman–Crippen MR) is 151 cm³/mol. The molecule has 4 aromatic rings. The van der Waals surface area contributed by atoms with Crippen molar-refractivity contribution in [1.29, 1.82) is 0 Å². The highest BCUT2D eigenvalue weighted by atomic mass is 35.5. The lowest BCUT2D eigenvalue weighted by Gasteiger charge is -2.30. The summed E-state index contributed by atoms with van der Waals surface area (Å²) < 4.78 is 7.71. The van der Waals surface area contributed by atoms with Crippen LogP contribution in [0.5, 0.6) is 0 Å². The Morgan fingerprint density at radius 2 is 1.68 bits per heavy atom. The first-order valence-corrected chi connectivity index (χ1v) is 14.3. The largest absolute Gasteiger partial charge is 0.445 e. The number of piperidine rings is 1. The van der Waals surface area contributed by atoms with Gasteiger partial charge in [-0.2, -0.15) is 5.10 Å². The highest BCUT2D eigenvalue weighted by Crippen LogP contribution is 2.31. The number of likely N-dealkylation sites (tertiary alicyclic amines) is 2. The number of aromatic nitrogens is 4. The van der Waals surface area contributed by atoms with Gasteiger partial charge in [0.2, 0.25) is 0 Å². The second-order valence-corrected chi connectivity index (χ2v) is 11.3. The van der Waals surface area contributed by atoms with Crippen LogP contribution in [-0.4, -0.2) is 67.4 Å². The van der Waals surface area contributed by atoms with Crippen LogP contribution in [0.1, 0.15) is 86.6 Å². The van der Waals surface area contributed by atoms with Crippen molar-refractivity contribution >= 4 is 29.1 Å². The molecule has 0 N–H and O–H groups in total. The highest BCUT2D eigenvalue weighted by molar-refractivity contribution is 6.31. The molecule has 0 aliphatic carbocycles. The second kappa shape index (κ2) is 10.7. The van der Waals surface area contributed by atoms with E-state index >= 15 is 0 Å². The Balaban J connectivity index is 1.16. The van der Waals surface area contributed by atoms with Gasteiger partial charge in [0.15, 0.2) is 17.2 Å². The van der Waals surface area contributed by atoms with Gasteiger partial charge in [-0.1, -0.05) is 29.8 Å². The first-order chi connectivity index (χ1) is 19.3. The summed E-state index contributed by atoms with van der Waals surface area (Å²) in [4.78, 5) is 39.6. The molecule has 5 heterocycles. The van der Waals surface area contributed by atoms with E-state index in [2.05, 4.69) is 10.1 Å². The summed E-state index contributed by atoms with van der Waals surface area (Å²) in [6.07, 6.45) is 5.77. The van der Waals surface area contributed by atoms with Crippen LogP contribution in [0.15, 0.2) is 34.9 Å². The summed E-state index contributed by atoms with van der Waals surface area (Å²) in [7, 11) is 0. The molecular formula is C30H33ClN6O3. The minimum absolute atomic E-state index is 0.0428. The number of rotatable bonds is 5. The molecule has 2 aliphatic rings. The van der Waals surface area contributed by atoms with E-state index in [9.17, 15) is 9.59 Å². The maximum atomic E-state index is 13.6. The van der Waals surface area contributed by atoms with Gasteiger partial charge in [0.1, 0.15) is 11.3 Å². The topological polar surface area (TPSA) is 96.8 Å². The van der Waals surface area contributed by atoms with Crippen LogP contribution in [0.25, 0.3) is 5.65 Å². The third-order valence-electron chi connectivity index (χ3n) is 8.30. The number of hydrogen-bond acceptors (Lipinski definition) is 6. The molecular weight excluding hydrogens is 528 g/mol. The van der Waals surface area contributed by atoms with Crippen molar-refractivity contribution in [3.63, 3.8) is 0 Å². The summed E-state index contributed by atoms with van der Waals surface area (Å²) in [6, 6.07) is 7.79. The van der Waals surface area contributed by atoms with Gasteiger partial charge in [-0.25, -0.2) is 14.5 Å². The van der Waals surface area contributed by atoms with Gasteiger partial charge in [0.25, 0.3) is 11.8 Å². The first-order valence-electron chi connectivity index (χ1n) is 13.9. The second-order valence-electron chi connectivity index (χ2n) is 10.8. The van der Waals surface area contributed by atoms with E-state index in [-0.39, 0.29) is 17.7 Å². The first kappa shape index (κ1) is 26.5. The number of halogens is 1. The van der Waals surface area contributed by atoms with Crippen LogP contribution in [0.2, 0.25) is 5.02 Å². The normalized spacial score (nSPS) is 16.3. The van der Waals surface area contributed by atoms with E-state index < -0.39 is 0 Å². The van der Waals surface area contributed by atoms with Gasteiger partial charge in [0.05, 0.1) is 6.20 Å². The van der Waals surface area contributed by atoms with Crippen LogP contribution >= 0.6 is 11.6 Å². The van der Waals surface area contributed by atoms with Crippen molar-refractivity contribution in [3.05, 3.63) is 80.9 Å². The summed E-state index contributed by atoms with van der Waals surface area (Å²) in [5.74, 6) is 1.12. The maximum absolute atomic E-state index is 13.6. The maximum Gasteiger partial charge on any atom is 0.276 e. The smallest absolute Gasteiger partial charge is 0.276 e. The van der Waals surface area contributed by atoms with Crippen LogP contribution in [0, 0.1) is 20.8 Å². The molecule has 3 aromatic heterocycles. The molecule has 2 fully saturated rings. The zero-order valence-corrected chi connectivity index (χ0v) is 23.9. The molecule has 0 unspecified atom stereocenters. The molecule has 6 rings (SSSR count). The molecule has 10 heteroatoms. The van der Waals surface area contributed by atoms with Crippen molar-refractivity contribution in [1.82, 2.24) is 29.4 Å². The standard InChI is InChI=1S/C30H33ClN6O3/c1-18-23(16-22-8-4-5-9-25(22)31)19(2)37-27(33-18)24(17-32-37)29(38)36-14-10-21(11-15-36)28-34-26(20(3)40-28)30(39)35-12-6-7-13-35/h4-5,8-9,17,21H,6-7,10-16H2,1-3H3. The van der Waals surface area contributed by atoms with Gasteiger partial charge in [-0.15, -0.1) is 0 Å². The monoisotopic (exact) mass is 560 g/mol. The Hall–Kier alpha value is -3.72. The predicted octanol–water partition coefficient (Wildman–Crippen LogP) is 5.14. The Kier molecular flexibility index (Phi) is 7.08. The fraction of sp³-hybridized carbons (Fsp3) is 0.433. The molecule has 208 valence electrons. The zero-order chi connectivity index (χ0) is 28.0. The SMILES string of the molecule is Cc1nc2c(C(=O)N3CCC(c4nc(C(=O)N5CCCC5)c(C)o4)CC3)cnn2c(C)c1Cc1ccccc1Cl. The van der Waals surface area contributed by atoms with Gasteiger partial charge in [-0.3, -0.25) is 9.59 Å². The van der Waals surface area contributed by atoms with Gasteiger partial charge in [0, 0.05) is 54.9 Å². The van der Waals surface area contributed by atoms with Crippen molar-refractivity contribution < 1.29 is 14.0 Å². The quantitative estimate of drug-likeness (QED) is 0.335. The van der Waals surface area contributed by atoms with E-state index in [4.69, 9.17) is 21.0 Å². The molecule has 9 nitrogen and oxygen atoms in total. The highest BCUT2D eigenvalue weighted by Gasteiger charge is 2.32. The Morgan fingerprint density at radius 3 is 2.40 bits per heavy atom. The van der Waals surface area contributed by atoms with Gasteiger partial charge < -0.3 is 14.2 Å². The van der Waals surface area contributed by atoms with E-state index in [0.29, 0.717) is 48.1 Å². The number of amides is 2. The van der Waals surface area contributed by atoms with Crippen LogP contribution < -0.4 is 0 Å². The molecule has 2 aliphatic heterocycles. The van der Waals surface area contributed by atoms with E-state index in [1.54, 1.807) is 17.6 Å². The number of nitrogens with zero attached hydrogens (tertiary/aromatic N) is 6. The number of carbonyl (C=O) groups excluding carboxylic acids is 2. The number of fused-ring (bicyclic) bond motifs is 1. The molecule has 0 radical (unpaired) electrons. The Labute approximate surface area is 238 Å². The molecule has 0 atom stereocenters. The van der Waals surface area contributed by atoms with Crippen LogP contribution in [-0.2, 0) is 6.42 Å². The molecule has 1 aromatic carbocycles. The third-order valence-corrected chi connectivity index (χ3v) is 8.67. The summed E-state index contributed by atoms with van der Waals surface area (Å²) in [5, 5.41) is 5.25. The lowest BCUT2D eigenvalue weighted by atomic mass is 9.96. The lowest BCUT2D eigenvalue weighted by Crippen LogP contribution is -2.38. The molecule has 2 saturated heterocycles. The molecule has 0 bridgehead atoms. The lowest BCUT2D eigenvalue weighted by molar-refractivity contribution is 0.0707. The van der Waals surface area contributed by atoms with Crippen molar-refractivity contribution in [2.45, 2.75) is 58.8 Å². The number of oxazole rings is 1. The molecule has 0 spiro atoms. The van der Waals surface area contributed by atoms with Gasteiger partial charge >= 0.3 is 0 Å². The summed E-state index contributed by atoms with van der Waals surface area (Å²) in [5.41, 5.74) is 5.37. The summed E-state index contributed by atoms with van der Waals surface area (Å²) >= 11 is 6.41. The molecule has 40 heavy (non-hydrogen) atoms. The van der Waals surface area contributed by atoms with Gasteiger partial charge in [-0.05, 0) is 63.6 Å². The van der Waals surface area contributed by atoms with E-state index in [0.717, 1.165) is 66.3 Å². The molecule has 0 saturated carbocycles. The summed E-state index contributed by atoms with van der Waals surface area (Å²) in [6.45, 7) is 8.47. The fourth-order valence-electron chi connectivity index (χ4n) is 5.91. The number of benzene rings is 1. The molecule has 2 amide bonds. The zero-order valence-electron chi connectivity index (χ0n) is 23.1. The fourth-order valence-corrected chi connectivity index (χ4v) is 6.11. The van der Waals surface area contributed by atoms with Crippen LogP contribution in [0.3, 0.4) is 0 Å². The van der Waals surface area contributed by atoms with Crippen LogP contribution in [0.4, 0.5) is 0 Å². The van der Waals surface area contributed by atoms with E-state index in [1.807, 2.05) is 47.9 Å². The average Bonchev–Trinajstić information content (AvgIpc) is 3.72.